The Balaban J connectivity index is 1.23. The molecule has 154 valence electrons. The molecule has 3 aromatic rings. The lowest BCUT2D eigenvalue weighted by Gasteiger charge is -2.31. The van der Waals surface area contributed by atoms with E-state index in [0.717, 1.165) is 46.8 Å². The number of aliphatic imine (C=N–C) groups is 1. The molecular weight excluding hydrogens is 395 g/mol. The molecule has 0 amide bonds. The van der Waals surface area contributed by atoms with Crippen LogP contribution in [-0.4, -0.2) is 10.7 Å². The van der Waals surface area contributed by atoms with E-state index in [9.17, 15) is 4.39 Å². The minimum atomic E-state index is -0.182. The molecule has 0 bridgehead atoms. The van der Waals surface area contributed by atoms with Gasteiger partial charge in [-0.05, 0) is 97.4 Å². The zero-order valence-corrected chi connectivity index (χ0v) is 18.0. The van der Waals surface area contributed by atoms with Crippen molar-refractivity contribution in [3.63, 3.8) is 0 Å². The molecule has 1 fully saturated rings. The van der Waals surface area contributed by atoms with Gasteiger partial charge in [0.2, 0.25) is 0 Å². The number of fused-ring (bicyclic) bond motifs is 2. The molecule has 2 nitrogen and oxygen atoms in total. The number of pyridine rings is 1. The average Bonchev–Trinajstić information content (AvgIpc) is 3.17. The molecule has 0 unspecified atom stereocenters. The molecule has 1 aromatic heterocycles. The zero-order valence-electron chi connectivity index (χ0n) is 17.2. The molecule has 0 N–H and O–H groups in total. The fourth-order valence-corrected chi connectivity index (χ4v) is 5.47. The molecule has 2 heterocycles. The second kappa shape index (κ2) is 8.11. The summed E-state index contributed by atoms with van der Waals surface area (Å²) in [5.74, 6) is 1.54. The average molecular weight is 421 g/mol. The molecule has 2 aromatic carbocycles. The molecule has 0 spiro atoms. The largest absolute Gasteiger partial charge is 0.257 e. The van der Waals surface area contributed by atoms with Gasteiger partial charge in [0.05, 0.1) is 11.2 Å². The van der Waals surface area contributed by atoms with Crippen molar-refractivity contribution in [2.75, 3.05) is 0 Å². The van der Waals surface area contributed by atoms with Crippen LogP contribution in [0.1, 0.15) is 56.1 Å². The fourth-order valence-electron chi connectivity index (χ4n) is 5.31. The number of hydrogen-bond acceptors (Lipinski definition) is 2. The Morgan fingerprint density at radius 3 is 2.73 bits per heavy atom. The van der Waals surface area contributed by atoms with Gasteiger partial charge in [-0.1, -0.05) is 24.6 Å². The van der Waals surface area contributed by atoms with Crippen molar-refractivity contribution in [1.82, 2.24) is 4.98 Å². The third-order valence-corrected chi connectivity index (χ3v) is 7.20. The quantitative estimate of drug-likeness (QED) is 0.425. The van der Waals surface area contributed by atoms with Crippen LogP contribution in [0.3, 0.4) is 0 Å². The summed E-state index contributed by atoms with van der Waals surface area (Å²) in [4.78, 5) is 9.28. The highest BCUT2D eigenvalue weighted by Gasteiger charge is 2.27. The minimum absolute atomic E-state index is 0.182. The number of hydrogen-bond donors (Lipinski definition) is 0. The molecule has 4 heteroatoms. The number of aromatic nitrogens is 1. The van der Waals surface area contributed by atoms with E-state index in [1.807, 2.05) is 18.3 Å². The van der Waals surface area contributed by atoms with Crippen molar-refractivity contribution >= 4 is 33.9 Å². The number of benzene rings is 2. The van der Waals surface area contributed by atoms with Gasteiger partial charge < -0.3 is 0 Å². The first-order valence-corrected chi connectivity index (χ1v) is 11.3. The monoisotopic (exact) mass is 420 g/mol. The van der Waals surface area contributed by atoms with Gasteiger partial charge in [-0.15, -0.1) is 0 Å². The summed E-state index contributed by atoms with van der Waals surface area (Å²) < 4.78 is 13.8. The van der Waals surface area contributed by atoms with Crippen LogP contribution in [0.25, 0.3) is 10.9 Å². The second-order valence-corrected chi connectivity index (χ2v) is 9.41. The summed E-state index contributed by atoms with van der Waals surface area (Å²) >= 11 is 6.12. The van der Waals surface area contributed by atoms with E-state index in [0.29, 0.717) is 11.8 Å². The minimum Gasteiger partial charge on any atom is -0.257 e. The standard InChI is InChI=1S/C26H26ClFN2/c1-16(25-13-19-6-7-20(27)14-26(19)30-25)12-17-2-4-18(5-3-17)22-10-11-29-24-9-8-21(28)15-23(22)24/h6-11,14-18H,2-5,12-13H2,1H3/t16-,17?,18?/m0/s1. The normalized spacial score (nSPS) is 22.0. The van der Waals surface area contributed by atoms with E-state index < -0.39 is 0 Å². The Morgan fingerprint density at radius 2 is 1.90 bits per heavy atom. The third kappa shape index (κ3) is 3.88. The Bertz CT molecular complexity index is 1120. The Hall–Kier alpha value is -2.26. The van der Waals surface area contributed by atoms with Crippen molar-refractivity contribution in [2.24, 2.45) is 16.8 Å². The summed E-state index contributed by atoms with van der Waals surface area (Å²) in [6.45, 7) is 2.32. The van der Waals surface area contributed by atoms with Gasteiger partial charge in [-0.2, -0.15) is 0 Å². The third-order valence-electron chi connectivity index (χ3n) is 6.96. The second-order valence-electron chi connectivity index (χ2n) is 8.97. The van der Waals surface area contributed by atoms with Crippen LogP contribution < -0.4 is 0 Å². The van der Waals surface area contributed by atoms with E-state index in [1.165, 1.54) is 42.2 Å². The summed E-state index contributed by atoms with van der Waals surface area (Å²) in [5, 5.41) is 1.74. The predicted molar refractivity (Wildman–Crippen MR) is 122 cm³/mol. The highest BCUT2D eigenvalue weighted by Crippen LogP contribution is 2.41. The van der Waals surface area contributed by atoms with Gasteiger partial charge in [0.1, 0.15) is 5.82 Å². The molecule has 1 atom stereocenters. The summed E-state index contributed by atoms with van der Waals surface area (Å²) in [7, 11) is 0. The van der Waals surface area contributed by atoms with Gasteiger partial charge in [0, 0.05) is 28.7 Å². The summed E-state index contributed by atoms with van der Waals surface area (Å²) in [5.41, 5.74) is 5.79. The molecule has 0 saturated heterocycles. The van der Waals surface area contributed by atoms with Crippen molar-refractivity contribution in [3.8, 4) is 0 Å². The van der Waals surface area contributed by atoms with Gasteiger partial charge in [-0.25, -0.2) is 4.39 Å². The summed E-state index contributed by atoms with van der Waals surface area (Å²) in [6.07, 6.45) is 8.79. The maximum absolute atomic E-state index is 13.8. The van der Waals surface area contributed by atoms with E-state index in [2.05, 4.69) is 24.0 Å². The van der Waals surface area contributed by atoms with Crippen LogP contribution in [0, 0.1) is 17.7 Å². The SMILES string of the molecule is C[C@@H](CC1CCC(c2ccnc3ccc(F)cc23)CC1)C1=Nc2cc(Cl)ccc2C1. The van der Waals surface area contributed by atoms with Crippen molar-refractivity contribution in [2.45, 2.75) is 51.4 Å². The first-order valence-electron chi connectivity index (χ1n) is 11.0. The van der Waals surface area contributed by atoms with Crippen LogP contribution >= 0.6 is 11.6 Å². The lowest BCUT2D eigenvalue weighted by Crippen LogP contribution is -2.20. The maximum Gasteiger partial charge on any atom is 0.123 e. The molecule has 0 radical (unpaired) electrons. The number of halogens is 2. The van der Waals surface area contributed by atoms with Crippen LogP contribution in [-0.2, 0) is 6.42 Å². The van der Waals surface area contributed by atoms with Gasteiger partial charge >= 0.3 is 0 Å². The number of rotatable bonds is 4. The first-order chi connectivity index (χ1) is 14.6. The van der Waals surface area contributed by atoms with Gasteiger partial charge in [0.15, 0.2) is 0 Å². The Kier molecular flexibility index (Phi) is 5.32. The topological polar surface area (TPSA) is 25.2 Å². The predicted octanol–water partition coefficient (Wildman–Crippen LogP) is 7.66. The van der Waals surface area contributed by atoms with E-state index in [1.54, 1.807) is 12.1 Å². The smallest absolute Gasteiger partial charge is 0.123 e. The zero-order chi connectivity index (χ0) is 20.7. The molecule has 5 rings (SSSR count). The van der Waals surface area contributed by atoms with Crippen LogP contribution in [0.2, 0.25) is 5.02 Å². The van der Waals surface area contributed by atoms with Crippen LogP contribution in [0.5, 0.6) is 0 Å². The lowest BCUT2D eigenvalue weighted by molar-refractivity contribution is 0.296. The van der Waals surface area contributed by atoms with Gasteiger partial charge in [0.25, 0.3) is 0 Å². The van der Waals surface area contributed by atoms with Crippen molar-refractivity contribution < 1.29 is 4.39 Å². The Labute approximate surface area is 182 Å². The summed E-state index contributed by atoms with van der Waals surface area (Å²) in [6, 6.07) is 13.1. The molecule has 1 aliphatic carbocycles. The molecule has 1 aliphatic heterocycles. The van der Waals surface area contributed by atoms with E-state index in [4.69, 9.17) is 16.6 Å². The highest BCUT2D eigenvalue weighted by atomic mass is 35.5. The first kappa shape index (κ1) is 19.7. The van der Waals surface area contributed by atoms with Crippen molar-refractivity contribution in [1.29, 1.82) is 0 Å². The molecule has 1 saturated carbocycles. The van der Waals surface area contributed by atoms with E-state index in [-0.39, 0.29) is 5.82 Å². The fraction of sp³-hybridized carbons (Fsp3) is 0.385. The van der Waals surface area contributed by atoms with Crippen LogP contribution in [0.4, 0.5) is 10.1 Å². The van der Waals surface area contributed by atoms with Crippen LogP contribution in [0.15, 0.2) is 53.7 Å². The molecular formula is C26H26ClFN2. The van der Waals surface area contributed by atoms with Crippen molar-refractivity contribution in [3.05, 3.63) is 70.6 Å². The highest BCUT2D eigenvalue weighted by molar-refractivity contribution is 6.31. The molecule has 30 heavy (non-hydrogen) atoms. The number of nitrogens with zero attached hydrogens (tertiary/aromatic N) is 2. The lowest BCUT2D eigenvalue weighted by atomic mass is 9.74. The molecule has 2 aliphatic rings. The Morgan fingerprint density at radius 1 is 1.07 bits per heavy atom. The van der Waals surface area contributed by atoms with Gasteiger partial charge in [-0.3, -0.25) is 9.98 Å². The van der Waals surface area contributed by atoms with E-state index >= 15 is 0 Å². The maximum atomic E-state index is 13.8.